The summed E-state index contributed by atoms with van der Waals surface area (Å²) in [6.45, 7) is 5.53. The number of aromatic nitrogens is 2. The Morgan fingerprint density at radius 2 is 1.93 bits per heavy atom. The van der Waals surface area contributed by atoms with Gasteiger partial charge in [0.05, 0.1) is 13.2 Å². The molecule has 0 bridgehead atoms. The third-order valence-corrected chi connectivity index (χ3v) is 5.22. The molecule has 0 spiro atoms. The Morgan fingerprint density at radius 1 is 1.20 bits per heavy atom. The highest BCUT2D eigenvalue weighted by Crippen LogP contribution is 2.25. The van der Waals surface area contributed by atoms with Crippen LogP contribution in [0.4, 0.5) is 0 Å². The maximum absolute atomic E-state index is 5.32. The fourth-order valence-corrected chi connectivity index (χ4v) is 3.66. The number of piperidine rings is 1. The molecule has 9 heteroatoms. The second-order valence-corrected chi connectivity index (χ2v) is 7.25. The van der Waals surface area contributed by atoms with Crippen LogP contribution in [0.1, 0.15) is 42.6 Å². The van der Waals surface area contributed by atoms with E-state index in [0.29, 0.717) is 30.7 Å². The van der Waals surface area contributed by atoms with Gasteiger partial charge in [-0.05, 0) is 50.6 Å². The summed E-state index contributed by atoms with van der Waals surface area (Å²) in [6, 6.07) is 8.68. The number of nitrogens with one attached hydrogen (secondary N) is 2. The average molecular weight is 528 g/mol. The minimum Gasteiger partial charge on any atom is -0.497 e. The summed E-state index contributed by atoms with van der Waals surface area (Å²) in [5, 5.41) is 10.6. The molecular formula is C21H33IN6O2. The van der Waals surface area contributed by atoms with E-state index in [-0.39, 0.29) is 24.0 Å². The van der Waals surface area contributed by atoms with Gasteiger partial charge in [-0.15, -0.1) is 24.0 Å². The van der Waals surface area contributed by atoms with Crippen LogP contribution in [0, 0.1) is 6.92 Å². The molecule has 1 saturated heterocycles. The van der Waals surface area contributed by atoms with Crippen LogP contribution >= 0.6 is 24.0 Å². The second-order valence-electron chi connectivity index (χ2n) is 7.25. The van der Waals surface area contributed by atoms with E-state index in [1.54, 1.807) is 14.2 Å². The lowest BCUT2D eigenvalue weighted by atomic mass is 10.0. The fourth-order valence-electron chi connectivity index (χ4n) is 3.66. The van der Waals surface area contributed by atoms with Gasteiger partial charge in [0.1, 0.15) is 5.75 Å². The van der Waals surface area contributed by atoms with Gasteiger partial charge in [0, 0.05) is 26.6 Å². The Morgan fingerprint density at radius 3 is 2.53 bits per heavy atom. The molecule has 0 radical (unpaired) electrons. The number of rotatable bonds is 8. The number of guanidine groups is 1. The maximum Gasteiger partial charge on any atom is 0.228 e. The number of likely N-dealkylation sites (tertiary alicyclic amines) is 1. The first-order valence-electron chi connectivity index (χ1n) is 10.3. The standard InChI is InChI=1S/C21H32N6O2.HI/c1-16-25-20(29-26-16)11-12-23-21(22-2)24-15-19(27-13-5-4-6-14-27)17-7-9-18(28-3)10-8-17;/h7-10,19H,4-6,11-15H2,1-3H3,(H2,22,23,24);1H. The van der Waals surface area contributed by atoms with Crippen LogP contribution in [-0.4, -0.2) is 61.3 Å². The lowest BCUT2D eigenvalue weighted by Crippen LogP contribution is -2.44. The van der Waals surface area contributed by atoms with E-state index in [4.69, 9.17) is 9.26 Å². The smallest absolute Gasteiger partial charge is 0.228 e. The van der Waals surface area contributed by atoms with Crippen LogP contribution in [0.15, 0.2) is 33.8 Å². The molecular weight excluding hydrogens is 495 g/mol. The van der Waals surface area contributed by atoms with E-state index in [1.165, 1.54) is 24.8 Å². The summed E-state index contributed by atoms with van der Waals surface area (Å²) in [5.74, 6) is 2.95. The molecule has 30 heavy (non-hydrogen) atoms. The lowest BCUT2D eigenvalue weighted by molar-refractivity contribution is 0.164. The fraction of sp³-hybridized carbons (Fsp3) is 0.571. The van der Waals surface area contributed by atoms with Crippen molar-refractivity contribution in [3.8, 4) is 5.75 Å². The number of nitrogens with zero attached hydrogens (tertiary/aromatic N) is 4. The quantitative estimate of drug-likeness (QED) is 0.310. The van der Waals surface area contributed by atoms with Crippen LogP contribution in [0.5, 0.6) is 5.75 Å². The first-order chi connectivity index (χ1) is 14.2. The van der Waals surface area contributed by atoms with E-state index in [0.717, 1.165) is 31.3 Å². The molecule has 1 aromatic heterocycles. The van der Waals surface area contributed by atoms with E-state index < -0.39 is 0 Å². The molecule has 1 atom stereocenters. The number of benzene rings is 1. The second kappa shape index (κ2) is 12.7. The van der Waals surface area contributed by atoms with E-state index in [1.807, 2.05) is 19.1 Å². The zero-order valence-electron chi connectivity index (χ0n) is 18.1. The summed E-state index contributed by atoms with van der Waals surface area (Å²) in [6.07, 6.45) is 4.49. The van der Waals surface area contributed by atoms with Crippen molar-refractivity contribution in [3.05, 3.63) is 41.5 Å². The largest absolute Gasteiger partial charge is 0.497 e. The van der Waals surface area contributed by atoms with Crippen LogP contribution in [0.2, 0.25) is 0 Å². The Labute approximate surface area is 195 Å². The van der Waals surface area contributed by atoms with Gasteiger partial charge < -0.3 is 19.9 Å². The topological polar surface area (TPSA) is 87.8 Å². The highest BCUT2D eigenvalue weighted by Gasteiger charge is 2.22. The molecule has 2 N–H and O–H groups in total. The highest BCUT2D eigenvalue weighted by atomic mass is 127. The van der Waals surface area contributed by atoms with Gasteiger partial charge >= 0.3 is 0 Å². The van der Waals surface area contributed by atoms with Gasteiger partial charge in [0.2, 0.25) is 5.89 Å². The highest BCUT2D eigenvalue weighted by molar-refractivity contribution is 14.0. The molecule has 1 unspecified atom stereocenters. The SMILES string of the molecule is CN=C(NCCc1nc(C)no1)NCC(c1ccc(OC)cc1)N1CCCCC1.I. The normalized spacial score (nSPS) is 15.9. The number of methoxy groups -OCH3 is 1. The molecule has 1 fully saturated rings. The number of halogens is 1. The molecule has 2 heterocycles. The number of hydrogen-bond donors (Lipinski definition) is 2. The van der Waals surface area contributed by atoms with Gasteiger partial charge in [-0.3, -0.25) is 9.89 Å². The zero-order valence-corrected chi connectivity index (χ0v) is 20.4. The van der Waals surface area contributed by atoms with Crippen LogP contribution in [0.3, 0.4) is 0 Å². The van der Waals surface area contributed by atoms with Crippen molar-refractivity contribution >= 4 is 29.9 Å². The first-order valence-corrected chi connectivity index (χ1v) is 10.3. The van der Waals surface area contributed by atoms with Crippen molar-refractivity contribution in [2.75, 3.05) is 40.3 Å². The minimum atomic E-state index is 0. The Kier molecular flexibility index (Phi) is 10.4. The van der Waals surface area contributed by atoms with Crippen molar-refractivity contribution in [1.29, 1.82) is 0 Å². The molecule has 0 amide bonds. The third-order valence-electron chi connectivity index (χ3n) is 5.22. The molecule has 3 rings (SSSR count). The van der Waals surface area contributed by atoms with Crippen LogP contribution < -0.4 is 15.4 Å². The molecule has 1 aliphatic heterocycles. The summed E-state index contributed by atoms with van der Waals surface area (Å²) < 4.78 is 10.5. The van der Waals surface area contributed by atoms with Gasteiger partial charge in [-0.25, -0.2) is 0 Å². The summed E-state index contributed by atoms with van der Waals surface area (Å²) >= 11 is 0. The van der Waals surface area contributed by atoms with Gasteiger partial charge in [-0.1, -0.05) is 23.7 Å². The van der Waals surface area contributed by atoms with Gasteiger partial charge in [0.15, 0.2) is 11.8 Å². The third kappa shape index (κ3) is 7.12. The molecule has 166 valence electrons. The molecule has 2 aromatic rings. The van der Waals surface area contributed by atoms with E-state index in [9.17, 15) is 0 Å². The molecule has 8 nitrogen and oxygen atoms in total. The number of aliphatic imine (C=N–C) groups is 1. The van der Waals surface area contributed by atoms with Crippen LogP contribution in [0.25, 0.3) is 0 Å². The van der Waals surface area contributed by atoms with Crippen molar-refractivity contribution in [2.45, 2.75) is 38.6 Å². The zero-order chi connectivity index (χ0) is 20.5. The first kappa shape index (κ1) is 24.4. The van der Waals surface area contributed by atoms with Crippen molar-refractivity contribution in [3.63, 3.8) is 0 Å². The summed E-state index contributed by atoms with van der Waals surface area (Å²) in [7, 11) is 3.49. The molecule has 1 aliphatic rings. The minimum absolute atomic E-state index is 0. The number of hydrogen-bond acceptors (Lipinski definition) is 6. The Balaban J connectivity index is 0.00000320. The average Bonchev–Trinajstić information content (AvgIpc) is 3.18. The van der Waals surface area contributed by atoms with E-state index in [2.05, 4.69) is 42.8 Å². The van der Waals surface area contributed by atoms with Gasteiger partial charge in [-0.2, -0.15) is 4.98 Å². The maximum atomic E-state index is 5.32. The van der Waals surface area contributed by atoms with Crippen molar-refractivity contribution < 1.29 is 9.26 Å². The Hall–Kier alpha value is -1.88. The predicted octanol–water partition coefficient (Wildman–Crippen LogP) is 2.94. The summed E-state index contributed by atoms with van der Waals surface area (Å²) in [4.78, 5) is 11.1. The number of ether oxygens (including phenoxy) is 1. The van der Waals surface area contributed by atoms with Crippen molar-refractivity contribution in [1.82, 2.24) is 25.7 Å². The monoisotopic (exact) mass is 528 g/mol. The van der Waals surface area contributed by atoms with E-state index >= 15 is 0 Å². The lowest BCUT2D eigenvalue weighted by Gasteiger charge is -2.35. The van der Waals surface area contributed by atoms with Gasteiger partial charge in [0.25, 0.3) is 0 Å². The molecule has 1 aromatic carbocycles. The Bertz CT molecular complexity index is 774. The summed E-state index contributed by atoms with van der Waals surface area (Å²) in [5.41, 5.74) is 1.29. The number of aryl methyl sites for hydroxylation is 1. The molecule has 0 saturated carbocycles. The predicted molar refractivity (Wildman–Crippen MR) is 129 cm³/mol. The molecule has 0 aliphatic carbocycles. The van der Waals surface area contributed by atoms with Crippen LogP contribution in [-0.2, 0) is 6.42 Å². The van der Waals surface area contributed by atoms with Crippen molar-refractivity contribution in [2.24, 2.45) is 4.99 Å².